The molecule has 0 atom stereocenters. The van der Waals surface area contributed by atoms with Gasteiger partial charge in [0.15, 0.2) is 5.16 Å². The number of carbonyl (C=O) groups is 1. The fraction of sp³-hybridized carbons (Fsp3) is 0.115. The molecule has 0 spiro atoms. The maximum atomic E-state index is 13.9. The molecule has 0 aliphatic carbocycles. The zero-order valence-corrected chi connectivity index (χ0v) is 19.5. The Hall–Kier alpha value is -4.11. The Morgan fingerprint density at radius 2 is 1.83 bits per heavy atom. The lowest BCUT2D eigenvalue weighted by Gasteiger charge is -2.12. The van der Waals surface area contributed by atoms with E-state index in [0.29, 0.717) is 27.4 Å². The first-order valence-corrected chi connectivity index (χ1v) is 11.7. The number of fused-ring (bicyclic) bond motifs is 3. The van der Waals surface area contributed by atoms with Crippen molar-refractivity contribution in [3.05, 3.63) is 94.5 Å². The van der Waals surface area contributed by atoms with Crippen molar-refractivity contribution >= 4 is 45.4 Å². The van der Waals surface area contributed by atoms with Crippen molar-refractivity contribution in [2.75, 3.05) is 18.2 Å². The van der Waals surface area contributed by atoms with Gasteiger partial charge in [0.1, 0.15) is 22.7 Å². The molecule has 0 saturated heterocycles. The Morgan fingerprint density at radius 3 is 2.60 bits per heavy atom. The first-order valence-electron chi connectivity index (χ1n) is 10.8. The summed E-state index contributed by atoms with van der Waals surface area (Å²) < 4.78 is 26.4. The topological polar surface area (TPSA) is 86.4 Å². The van der Waals surface area contributed by atoms with Gasteiger partial charge in [0.25, 0.3) is 5.56 Å². The molecule has 1 amide bonds. The van der Waals surface area contributed by atoms with Gasteiger partial charge in [-0.3, -0.25) is 14.2 Å². The Labute approximate surface area is 203 Å². The number of methoxy groups -OCH3 is 1. The number of hydrogen-bond acceptors (Lipinski definition) is 6. The van der Waals surface area contributed by atoms with Crippen molar-refractivity contribution in [2.24, 2.45) is 0 Å². The predicted octanol–water partition coefficient (Wildman–Crippen LogP) is 5.07. The summed E-state index contributed by atoms with van der Waals surface area (Å²) in [6.07, 6.45) is 0. The van der Waals surface area contributed by atoms with Gasteiger partial charge in [-0.15, -0.1) is 0 Å². The summed E-state index contributed by atoms with van der Waals surface area (Å²) in [5, 5.41) is 3.63. The van der Waals surface area contributed by atoms with Crippen LogP contribution in [-0.4, -0.2) is 28.3 Å². The lowest BCUT2D eigenvalue weighted by Crippen LogP contribution is -2.24. The molecule has 0 aliphatic rings. The zero-order chi connectivity index (χ0) is 24.4. The van der Waals surface area contributed by atoms with Crippen molar-refractivity contribution < 1.29 is 18.3 Å². The number of rotatable bonds is 7. The SMILES string of the molecule is COc1ccc(Cn2c(SCC(=O)Nc3ccccc3F)nc3c(oc4ccccc43)c2=O)cc1. The monoisotopic (exact) mass is 489 g/mol. The summed E-state index contributed by atoms with van der Waals surface area (Å²) in [6, 6.07) is 20.5. The summed E-state index contributed by atoms with van der Waals surface area (Å²) in [5.74, 6) is -0.300. The van der Waals surface area contributed by atoms with Gasteiger partial charge < -0.3 is 14.5 Å². The summed E-state index contributed by atoms with van der Waals surface area (Å²) in [6.45, 7) is 0.222. The zero-order valence-electron chi connectivity index (χ0n) is 18.7. The first kappa shape index (κ1) is 22.7. The van der Waals surface area contributed by atoms with Crippen LogP contribution < -0.4 is 15.6 Å². The Bertz CT molecular complexity index is 1590. The van der Waals surface area contributed by atoms with Crippen LogP contribution in [0.1, 0.15) is 5.56 Å². The molecule has 0 aliphatic heterocycles. The van der Waals surface area contributed by atoms with Crippen LogP contribution in [0.25, 0.3) is 22.1 Å². The van der Waals surface area contributed by atoms with E-state index in [-0.39, 0.29) is 29.1 Å². The molecule has 7 nitrogen and oxygen atoms in total. The average molecular weight is 490 g/mol. The maximum absolute atomic E-state index is 13.9. The van der Waals surface area contributed by atoms with Gasteiger partial charge in [0.05, 0.1) is 25.1 Å². The number of anilines is 1. The number of carbonyl (C=O) groups excluding carboxylic acids is 1. The van der Waals surface area contributed by atoms with Gasteiger partial charge in [-0.25, -0.2) is 9.37 Å². The molecule has 9 heteroatoms. The molecule has 2 heterocycles. The molecule has 176 valence electrons. The van der Waals surface area contributed by atoms with E-state index in [1.807, 2.05) is 42.5 Å². The minimum absolute atomic E-state index is 0.0648. The summed E-state index contributed by atoms with van der Waals surface area (Å²) >= 11 is 1.10. The third-order valence-corrected chi connectivity index (χ3v) is 6.40. The van der Waals surface area contributed by atoms with Crippen molar-refractivity contribution in [3.63, 3.8) is 0 Å². The van der Waals surface area contributed by atoms with Crippen molar-refractivity contribution in [1.29, 1.82) is 0 Å². The molecular formula is C26H20FN3O4S. The van der Waals surface area contributed by atoms with Crippen LogP contribution in [0.15, 0.2) is 87.2 Å². The number of ether oxygens (including phenoxy) is 1. The van der Waals surface area contributed by atoms with Crippen LogP contribution in [0.5, 0.6) is 5.75 Å². The van der Waals surface area contributed by atoms with Crippen molar-refractivity contribution in [2.45, 2.75) is 11.7 Å². The van der Waals surface area contributed by atoms with E-state index in [4.69, 9.17) is 14.1 Å². The number of hydrogen-bond donors (Lipinski definition) is 1. The van der Waals surface area contributed by atoms with Gasteiger partial charge in [-0.1, -0.05) is 48.2 Å². The molecule has 35 heavy (non-hydrogen) atoms. The molecular weight excluding hydrogens is 469 g/mol. The number of furan rings is 1. The lowest BCUT2D eigenvalue weighted by molar-refractivity contribution is -0.113. The van der Waals surface area contributed by atoms with Crippen LogP contribution in [0.3, 0.4) is 0 Å². The molecule has 5 rings (SSSR count). The number of halogens is 1. The number of thioether (sulfide) groups is 1. The van der Waals surface area contributed by atoms with E-state index in [0.717, 1.165) is 17.3 Å². The van der Waals surface area contributed by atoms with E-state index in [9.17, 15) is 14.0 Å². The number of nitrogens with zero attached hydrogens (tertiary/aromatic N) is 2. The second-order valence-corrected chi connectivity index (χ2v) is 8.67. The summed E-state index contributed by atoms with van der Waals surface area (Å²) in [7, 11) is 1.58. The van der Waals surface area contributed by atoms with E-state index >= 15 is 0 Å². The molecule has 1 N–H and O–H groups in total. The third kappa shape index (κ3) is 4.63. The number of benzene rings is 3. The summed E-state index contributed by atoms with van der Waals surface area (Å²) in [4.78, 5) is 30.7. The average Bonchev–Trinajstić information content (AvgIpc) is 3.25. The molecule has 0 fully saturated rings. The fourth-order valence-electron chi connectivity index (χ4n) is 3.70. The second kappa shape index (κ2) is 9.63. The van der Waals surface area contributed by atoms with Gasteiger partial charge in [0.2, 0.25) is 11.5 Å². The normalized spacial score (nSPS) is 11.1. The number of para-hydroxylation sites is 2. The van der Waals surface area contributed by atoms with Gasteiger partial charge >= 0.3 is 0 Å². The quantitative estimate of drug-likeness (QED) is 0.254. The standard InChI is InChI=1S/C26H20FN3O4S/c1-33-17-12-10-16(11-13-17)14-30-25(32)24-23(18-6-2-5-9-21(18)34-24)29-26(30)35-15-22(31)28-20-8-4-3-7-19(20)27/h2-13H,14-15H2,1H3,(H,28,31). The summed E-state index contributed by atoms with van der Waals surface area (Å²) in [5.41, 5.74) is 1.75. The largest absolute Gasteiger partial charge is 0.497 e. The predicted molar refractivity (Wildman–Crippen MR) is 134 cm³/mol. The van der Waals surface area contributed by atoms with Crippen LogP contribution in [0.4, 0.5) is 10.1 Å². The third-order valence-electron chi connectivity index (χ3n) is 5.43. The fourth-order valence-corrected chi connectivity index (χ4v) is 4.49. The minimum atomic E-state index is -0.522. The molecule has 0 saturated carbocycles. The highest BCUT2D eigenvalue weighted by Crippen LogP contribution is 2.28. The molecule has 5 aromatic rings. The maximum Gasteiger partial charge on any atom is 0.298 e. The number of amides is 1. The smallest absolute Gasteiger partial charge is 0.298 e. The van der Waals surface area contributed by atoms with Crippen LogP contribution >= 0.6 is 11.8 Å². The number of nitrogens with one attached hydrogen (secondary N) is 1. The number of aromatic nitrogens is 2. The van der Waals surface area contributed by atoms with Gasteiger partial charge in [-0.2, -0.15) is 0 Å². The molecule has 0 unspecified atom stereocenters. The van der Waals surface area contributed by atoms with Crippen molar-refractivity contribution in [1.82, 2.24) is 9.55 Å². The van der Waals surface area contributed by atoms with E-state index in [1.165, 1.54) is 16.7 Å². The van der Waals surface area contributed by atoms with Crippen LogP contribution in [0.2, 0.25) is 0 Å². The molecule has 3 aromatic carbocycles. The van der Waals surface area contributed by atoms with E-state index < -0.39 is 11.7 Å². The van der Waals surface area contributed by atoms with Gasteiger partial charge in [-0.05, 0) is 42.0 Å². The van der Waals surface area contributed by atoms with Crippen LogP contribution in [0, 0.1) is 5.82 Å². The van der Waals surface area contributed by atoms with Crippen molar-refractivity contribution in [3.8, 4) is 5.75 Å². The van der Waals surface area contributed by atoms with Gasteiger partial charge in [0, 0.05) is 5.39 Å². The molecule has 2 aromatic heterocycles. The highest BCUT2D eigenvalue weighted by atomic mass is 32.2. The lowest BCUT2D eigenvalue weighted by atomic mass is 10.2. The Balaban J connectivity index is 1.51. The Kier molecular flexibility index (Phi) is 6.24. The Morgan fingerprint density at radius 1 is 1.09 bits per heavy atom. The highest BCUT2D eigenvalue weighted by molar-refractivity contribution is 7.99. The molecule has 0 bridgehead atoms. The van der Waals surface area contributed by atoms with E-state index in [1.54, 1.807) is 25.3 Å². The second-order valence-electron chi connectivity index (χ2n) is 7.73. The highest BCUT2D eigenvalue weighted by Gasteiger charge is 2.19. The van der Waals surface area contributed by atoms with Crippen LogP contribution in [-0.2, 0) is 11.3 Å². The minimum Gasteiger partial charge on any atom is -0.497 e. The van der Waals surface area contributed by atoms with E-state index in [2.05, 4.69) is 5.32 Å². The first-order chi connectivity index (χ1) is 17.0. The molecule has 0 radical (unpaired) electrons.